The fraction of sp³-hybridized carbons (Fsp3) is 0. The second-order valence-corrected chi connectivity index (χ2v) is 2.62. The number of benzene rings is 1. The van der Waals surface area contributed by atoms with Gasteiger partial charge in [-0.15, -0.1) is 0 Å². The SMILES string of the molecule is C=CN(C=C)c1ccc(C(=O)O)cc1. The monoisotopic (exact) mass is 189 g/mol. The summed E-state index contributed by atoms with van der Waals surface area (Å²) in [4.78, 5) is 12.3. The summed E-state index contributed by atoms with van der Waals surface area (Å²) < 4.78 is 0. The lowest BCUT2D eigenvalue weighted by molar-refractivity contribution is 0.0697. The minimum absolute atomic E-state index is 0.266. The molecule has 0 aliphatic heterocycles. The lowest BCUT2D eigenvalue weighted by Gasteiger charge is -2.13. The first-order valence-corrected chi connectivity index (χ1v) is 4.06. The highest BCUT2D eigenvalue weighted by Gasteiger charge is 2.02. The summed E-state index contributed by atoms with van der Waals surface area (Å²) in [5, 5.41) is 8.67. The largest absolute Gasteiger partial charge is 0.478 e. The Morgan fingerprint density at radius 1 is 1.21 bits per heavy atom. The van der Waals surface area contributed by atoms with Gasteiger partial charge in [0, 0.05) is 18.1 Å². The van der Waals surface area contributed by atoms with Crippen molar-refractivity contribution in [1.29, 1.82) is 0 Å². The number of carbonyl (C=O) groups is 1. The third-order valence-electron chi connectivity index (χ3n) is 1.81. The number of aromatic carboxylic acids is 1. The molecule has 1 aromatic rings. The maximum atomic E-state index is 10.6. The zero-order valence-electron chi connectivity index (χ0n) is 7.68. The molecule has 0 saturated carbocycles. The van der Waals surface area contributed by atoms with E-state index in [1.54, 1.807) is 29.4 Å². The Morgan fingerprint density at radius 2 is 1.71 bits per heavy atom. The minimum atomic E-state index is -0.930. The number of carboxylic acid groups (broad SMARTS) is 1. The number of rotatable bonds is 4. The van der Waals surface area contributed by atoms with E-state index < -0.39 is 5.97 Å². The molecule has 0 fully saturated rings. The third kappa shape index (κ3) is 2.01. The average molecular weight is 189 g/mol. The van der Waals surface area contributed by atoms with Gasteiger partial charge in [0.15, 0.2) is 0 Å². The van der Waals surface area contributed by atoms with E-state index in [0.29, 0.717) is 0 Å². The van der Waals surface area contributed by atoms with Crippen LogP contribution >= 0.6 is 0 Å². The van der Waals surface area contributed by atoms with Crippen LogP contribution in [0.4, 0.5) is 5.69 Å². The van der Waals surface area contributed by atoms with Crippen molar-refractivity contribution in [3.8, 4) is 0 Å². The van der Waals surface area contributed by atoms with E-state index in [2.05, 4.69) is 13.2 Å². The lowest BCUT2D eigenvalue weighted by Crippen LogP contribution is -2.05. The van der Waals surface area contributed by atoms with Crippen LogP contribution in [0.1, 0.15) is 10.4 Å². The van der Waals surface area contributed by atoms with Crippen molar-refractivity contribution in [2.45, 2.75) is 0 Å². The van der Waals surface area contributed by atoms with E-state index in [-0.39, 0.29) is 5.56 Å². The highest BCUT2D eigenvalue weighted by molar-refractivity contribution is 5.88. The molecule has 0 aliphatic rings. The number of carboxylic acids is 1. The molecule has 3 nitrogen and oxygen atoms in total. The van der Waals surface area contributed by atoms with Crippen molar-refractivity contribution >= 4 is 11.7 Å². The Bertz CT molecular complexity index is 346. The summed E-state index contributed by atoms with van der Waals surface area (Å²) in [5.41, 5.74) is 1.10. The molecule has 0 spiro atoms. The first kappa shape index (κ1) is 10.1. The van der Waals surface area contributed by atoms with Crippen LogP contribution in [0.15, 0.2) is 49.8 Å². The van der Waals surface area contributed by atoms with E-state index in [4.69, 9.17) is 5.11 Å². The number of hydrogen-bond donors (Lipinski definition) is 1. The van der Waals surface area contributed by atoms with Gasteiger partial charge in [-0.1, -0.05) is 13.2 Å². The van der Waals surface area contributed by atoms with Gasteiger partial charge in [-0.3, -0.25) is 0 Å². The summed E-state index contributed by atoms with van der Waals surface area (Å²) in [6.45, 7) is 7.21. The molecular formula is C11H11NO2. The van der Waals surface area contributed by atoms with Crippen LogP contribution in [0.5, 0.6) is 0 Å². The van der Waals surface area contributed by atoms with E-state index in [1.165, 1.54) is 12.1 Å². The van der Waals surface area contributed by atoms with Gasteiger partial charge in [-0.25, -0.2) is 4.79 Å². The predicted molar refractivity (Wildman–Crippen MR) is 56.3 cm³/mol. The molecule has 0 aromatic heterocycles. The molecule has 0 aliphatic carbocycles. The van der Waals surface area contributed by atoms with Crippen molar-refractivity contribution in [2.75, 3.05) is 4.90 Å². The molecular weight excluding hydrogens is 178 g/mol. The fourth-order valence-corrected chi connectivity index (χ4v) is 1.06. The zero-order valence-corrected chi connectivity index (χ0v) is 7.68. The van der Waals surface area contributed by atoms with Crippen molar-refractivity contribution in [1.82, 2.24) is 0 Å². The average Bonchev–Trinajstić information content (AvgIpc) is 2.20. The van der Waals surface area contributed by atoms with Crippen molar-refractivity contribution in [3.63, 3.8) is 0 Å². The highest BCUT2D eigenvalue weighted by Crippen LogP contribution is 2.15. The summed E-state index contributed by atoms with van der Waals surface area (Å²) in [6.07, 6.45) is 3.20. The van der Waals surface area contributed by atoms with Gasteiger partial charge in [-0.2, -0.15) is 0 Å². The molecule has 1 rings (SSSR count). The molecule has 0 unspecified atom stereocenters. The molecule has 0 radical (unpaired) electrons. The van der Waals surface area contributed by atoms with E-state index in [0.717, 1.165) is 5.69 Å². The van der Waals surface area contributed by atoms with Gasteiger partial charge in [0.2, 0.25) is 0 Å². The van der Waals surface area contributed by atoms with Crippen molar-refractivity contribution in [2.24, 2.45) is 0 Å². The first-order chi connectivity index (χ1) is 6.69. The van der Waals surface area contributed by atoms with Gasteiger partial charge >= 0.3 is 5.97 Å². The first-order valence-electron chi connectivity index (χ1n) is 4.06. The standard InChI is InChI=1S/C11H11NO2/c1-3-12(4-2)10-7-5-9(6-8-10)11(13)14/h3-8H,1-2H2,(H,13,14). The molecule has 14 heavy (non-hydrogen) atoms. The summed E-state index contributed by atoms with van der Waals surface area (Å²) in [5.74, 6) is -0.930. The van der Waals surface area contributed by atoms with Crippen LogP contribution in [-0.4, -0.2) is 11.1 Å². The van der Waals surface area contributed by atoms with Crippen LogP contribution in [-0.2, 0) is 0 Å². The second kappa shape index (κ2) is 4.28. The predicted octanol–water partition coefficient (Wildman–Crippen LogP) is 2.48. The van der Waals surface area contributed by atoms with E-state index in [1.807, 2.05) is 0 Å². The summed E-state index contributed by atoms with van der Waals surface area (Å²) in [7, 11) is 0. The Labute approximate surface area is 82.6 Å². The third-order valence-corrected chi connectivity index (χ3v) is 1.81. The number of anilines is 1. The van der Waals surface area contributed by atoms with Gasteiger partial charge in [0.05, 0.1) is 5.56 Å². The molecule has 1 aromatic carbocycles. The van der Waals surface area contributed by atoms with Crippen molar-refractivity contribution in [3.05, 3.63) is 55.4 Å². The van der Waals surface area contributed by atoms with Crippen LogP contribution in [0.3, 0.4) is 0 Å². The van der Waals surface area contributed by atoms with Crippen LogP contribution in [0.25, 0.3) is 0 Å². The maximum Gasteiger partial charge on any atom is 0.335 e. The molecule has 72 valence electrons. The van der Waals surface area contributed by atoms with Crippen LogP contribution in [0, 0.1) is 0 Å². The molecule has 0 atom stereocenters. The Morgan fingerprint density at radius 3 is 2.07 bits per heavy atom. The normalized spacial score (nSPS) is 9.14. The second-order valence-electron chi connectivity index (χ2n) is 2.62. The zero-order chi connectivity index (χ0) is 10.6. The fourth-order valence-electron chi connectivity index (χ4n) is 1.06. The van der Waals surface area contributed by atoms with Gasteiger partial charge in [0.25, 0.3) is 0 Å². The van der Waals surface area contributed by atoms with Crippen molar-refractivity contribution < 1.29 is 9.90 Å². The maximum absolute atomic E-state index is 10.6. The molecule has 0 saturated heterocycles. The number of nitrogens with zero attached hydrogens (tertiary/aromatic N) is 1. The molecule has 3 heteroatoms. The molecule has 0 amide bonds. The Balaban J connectivity index is 2.98. The molecule has 0 bridgehead atoms. The van der Waals surface area contributed by atoms with Gasteiger partial charge < -0.3 is 10.0 Å². The Hall–Kier alpha value is -2.03. The van der Waals surface area contributed by atoms with E-state index >= 15 is 0 Å². The number of hydrogen-bond acceptors (Lipinski definition) is 2. The molecule has 0 heterocycles. The quantitative estimate of drug-likeness (QED) is 0.791. The smallest absolute Gasteiger partial charge is 0.335 e. The Kier molecular flexibility index (Phi) is 3.07. The topological polar surface area (TPSA) is 40.5 Å². The minimum Gasteiger partial charge on any atom is -0.478 e. The summed E-state index contributed by atoms with van der Waals surface area (Å²) in [6, 6.07) is 6.48. The van der Waals surface area contributed by atoms with Gasteiger partial charge in [-0.05, 0) is 24.3 Å². The lowest BCUT2D eigenvalue weighted by atomic mass is 10.2. The van der Waals surface area contributed by atoms with Gasteiger partial charge in [0.1, 0.15) is 0 Å². The highest BCUT2D eigenvalue weighted by atomic mass is 16.4. The summed E-state index contributed by atoms with van der Waals surface area (Å²) >= 11 is 0. The molecule has 1 N–H and O–H groups in total. The van der Waals surface area contributed by atoms with Crippen LogP contribution < -0.4 is 4.90 Å². The van der Waals surface area contributed by atoms with Crippen LogP contribution in [0.2, 0.25) is 0 Å². The van der Waals surface area contributed by atoms with E-state index in [9.17, 15) is 4.79 Å².